The molecular formula is C14H23N3O2. The van der Waals surface area contributed by atoms with Crippen LogP contribution in [0.2, 0.25) is 0 Å². The van der Waals surface area contributed by atoms with Crippen molar-refractivity contribution in [3.05, 3.63) is 12.1 Å². The molecule has 0 radical (unpaired) electrons. The van der Waals surface area contributed by atoms with Gasteiger partial charge in [0.05, 0.1) is 19.4 Å². The smallest absolute Gasteiger partial charge is 0.238 e. The highest BCUT2D eigenvalue weighted by atomic mass is 16.5. The van der Waals surface area contributed by atoms with Gasteiger partial charge in [-0.25, -0.2) is 0 Å². The van der Waals surface area contributed by atoms with Gasteiger partial charge in [0, 0.05) is 12.0 Å². The van der Waals surface area contributed by atoms with Crippen LogP contribution >= 0.6 is 0 Å². The highest BCUT2D eigenvalue weighted by molar-refractivity contribution is 5.53. The number of nitrogens with zero attached hydrogens (tertiary/aromatic N) is 1. The molecule has 0 atom stereocenters. The topological polar surface area (TPSA) is 80.4 Å². The molecule has 0 aromatic carbocycles. The SMILES string of the molecule is COc1nc(NCC2(CO)CCCCC2)ccc1N. The summed E-state index contributed by atoms with van der Waals surface area (Å²) in [5, 5.41) is 13.0. The van der Waals surface area contributed by atoms with Gasteiger partial charge in [-0.2, -0.15) is 4.98 Å². The lowest BCUT2D eigenvalue weighted by molar-refractivity contribution is 0.0943. The van der Waals surface area contributed by atoms with Gasteiger partial charge >= 0.3 is 0 Å². The maximum Gasteiger partial charge on any atom is 0.238 e. The van der Waals surface area contributed by atoms with E-state index in [4.69, 9.17) is 10.5 Å². The molecule has 1 saturated carbocycles. The van der Waals surface area contributed by atoms with Crippen LogP contribution in [-0.4, -0.2) is 30.4 Å². The first kappa shape index (κ1) is 13.9. The normalized spacial score (nSPS) is 18.0. The van der Waals surface area contributed by atoms with Crippen molar-refractivity contribution in [1.29, 1.82) is 0 Å². The lowest BCUT2D eigenvalue weighted by Gasteiger charge is -2.35. The molecule has 1 aromatic heterocycles. The molecule has 5 nitrogen and oxygen atoms in total. The maximum atomic E-state index is 9.66. The number of ether oxygens (including phenoxy) is 1. The van der Waals surface area contributed by atoms with Crippen LogP contribution in [0.4, 0.5) is 11.5 Å². The molecule has 2 rings (SSSR count). The lowest BCUT2D eigenvalue weighted by Crippen LogP contribution is -2.35. The number of pyridine rings is 1. The van der Waals surface area contributed by atoms with Crippen molar-refractivity contribution in [2.24, 2.45) is 5.41 Å². The van der Waals surface area contributed by atoms with E-state index in [1.807, 2.05) is 6.07 Å². The average Bonchev–Trinajstić information content (AvgIpc) is 2.47. The molecule has 0 spiro atoms. The number of nitrogens with two attached hydrogens (primary N) is 1. The van der Waals surface area contributed by atoms with E-state index in [1.165, 1.54) is 19.3 Å². The minimum Gasteiger partial charge on any atom is -0.479 e. The Kier molecular flexibility index (Phi) is 4.47. The first-order valence-electron chi connectivity index (χ1n) is 6.84. The van der Waals surface area contributed by atoms with Gasteiger partial charge in [-0.1, -0.05) is 19.3 Å². The highest BCUT2D eigenvalue weighted by Crippen LogP contribution is 2.36. The maximum absolute atomic E-state index is 9.66. The molecule has 0 aliphatic heterocycles. The van der Waals surface area contributed by atoms with Gasteiger partial charge in [0.2, 0.25) is 5.88 Å². The molecular weight excluding hydrogens is 242 g/mol. The second-order valence-corrected chi connectivity index (χ2v) is 5.37. The Morgan fingerprint density at radius 1 is 1.37 bits per heavy atom. The summed E-state index contributed by atoms with van der Waals surface area (Å²) in [5.74, 6) is 1.18. The molecule has 1 aliphatic carbocycles. The molecule has 106 valence electrons. The molecule has 1 aliphatic rings. The summed E-state index contributed by atoms with van der Waals surface area (Å²) >= 11 is 0. The monoisotopic (exact) mass is 265 g/mol. The van der Waals surface area contributed by atoms with Gasteiger partial charge in [0.15, 0.2) is 0 Å². The van der Waals surface area contributed by atoms with Crippen molar-refractivity contribution in [3.8, 4) is 5.88 Å². The zero-order valence-corrected chi connectivity index (χ0v) is 11.5. The fourth-order valence-corrected chi connectivity index (χ4v) is 2.68. The van der Waals surface area contributed by atoms with E-state index < -0.39 is 0 Å². The van der Waals surface area contributed by atoms with E-state index in [9.17, 15) is 5.11 Å². The summed E-state index contributed by atoms with van der Waals surface area (Å²) in [6.45, 7) is 0.968. The van der Waals surface area contributed by atoms with Gasteiger partial charge in [-0.15, -0.1) is 0 Å². The average molecular weight is 265 g/mol. The van der Waals surface area contributed by atoms with Crippen molar-refractivity contribution in [2.75, 3.05) is 31.3 Å². The predicted molar refractivity (Wildman–Crippen MR) is 76.3 cm³/mol. The predicted octanol–water partition coefficient (Wildman–Crippen LogP) is 2.03. The summed E-state index contributed by atoms with van der Waals surface area (Å²) in [4.78, 5) is 4.30. The molecule has 0 unspecified atom stereocenters. The zero-order chi connectivity index (χ0) is 13.7. The number of aromatic nitrogens is 1. The van der Waals surface area contributed by atoms with Crippen molar-refractivity contribution in [1.82, 2.24) is 4.98 Å². The van der Waals surface area contributed by atoms with Crippen LogP contribution in [0.25, 0.3) is 0 Å². The number of methoxy groups -OCH3 is 1. The van der Waals surface area contributed by atoms with E-state index in [2.05, 4.69) is 10.3 Å². The number of hydrogen-bond acceptors (Lipinski definition) is 5. The molecule has 1 heterocycles. The Hall–Kier alpha value is -1.49. The van der Waals surface area contributed by atoms with Gasteiger partial charge < -0.3 is 20.9 Å². The Morgan fingerprint density at radius 3 is 2.74 bits per heavy atom. The third kappa shape index (κ3) is 3.29. The third-order valence-electron chi connectivity index (χ3n) is 3.98. The minimum atomic E-state index is -0.00541. The molecule has 0 amide bonds. The van der Waals surface area contributed by atoms with E-state index in [0.717, 1.165) is 25.2 Å². The largest absolute Gasteiger partial charge is 0.479 e. The quantitative estimate of drug-likeness (QED) is 0.759. The number of aliphatic hydroxyl groups is 1. The number of nitrogen functional groups attached to an aromatic ring is 1. The highest BCUT2D eigenvalue weighted by Gasteiger charge is 2.31. The second kappa shape index (κ2) is 6.10. The molecule has 1 fully saturated rings. The summed E-state index contributed by atoms with van der Waals surface area (Å²) < 4.78 is 5.10. The summed E-state index contributed by atoms with van der Waals surface area (Å²) in [7, 11) is 1.55. The van der Waals surface area contributed by atoms with E-state index in [0.29, 0.717) is 11.6 Å². The van der Waals surface area contributed by atoms with Gasteiger partial charge in [-0.05, 0) is 25.0 Å². The molecule has 1 aromatic rings. The Balaban J connectivity index is 2.00. The summed E-state index contributed by atoms with van der Waals surface area (Å²) in [5.41, 5.74) is 6.26. The van der Waals surface area contributed by atoms with Gasteiger partial charge in [0.1, 0.15) is 5.82 Å². The van der Waals surface area contributed by atoms with Crippen LogP contribution in [0.15, 0.2) is 12.1 Å². The lowest BCUT2D eigenvalue weighted by atomic mass is 9.74. The van der Waals surface area contributed by atoms with E-state index in [1.54, 1.807) is 13.2 Å². The number of hydrogen-bond donors (Lipinski definition) is 3. The van der Waals surface area contributed by atoms with Gasteiger partial charge in [-0.3, -0.25) is 0 Å². The fourth-order valence-electron chi connectivity index (χ4n) is 2.68. The van der Waals surface area contributed by atoms with Crippen LogP contribution in [0.1, 0.15) is 32.1 Å². The van der Waals surface area contributed by atoms with E-state index >= 15 is 0 Å². The van der Waals surface area contributed by atoms with Crippen molar-refractivity contribution >= 4 is 11.5 Å². The molecule has 19 heavy (non-hydrogen) atoms. The Labute approximate surface area is 114 Å². The van der Waals surface area contributed by atoms with Crippen LogP contribution < -0.4 is 15.8 Å². The number of aliphatic hydroxyl groups excluding tert-OH is 1. The Morgan fingerprint density at radius 2 is 2.11 bits per heavy atom. The Bertz CT molecular complexity index is 417. The standard InChI is InChI=1S/C14H23N3O2/c1-19-13-11(15)5-6-12(17-13)16-9-14(10-18)7-3-2-4-8-14/h5-6,18H,2-4,7-10,15H2,1H3,(H,16,17). The molecule has 0 bridgehead atoms. The van der Waals surface area contributed by atoms with Crippen LogP contribution in [0, 0.1) is 5.41 Å². The van der Waals surface area contributed by atoms with Crippen molar-refractivity contribution in [2.45, 2.75) is 32.1 Å². The minimum absolute atomic E-state index is 0.00541. The zero-order valence-electron chi connectivity index (χ0n) is 11.5. The molecule has 5 heteroatoms. The van der Waals surface area contributed by atoms with Crippen LogP contribution in [0.5, 0.6) is 5.88 Å². The van der Waals surface area contributed by atoms with Crippen molar-refractivity contribution in [3.63, 3.8) is 0 Å². The number of anilines is 2. The summed E-state index contributed by atoms with van der Waals surface area (Å²) in [6.07, 6.45) is 5.81. The number of rotatable bonds is 5. The molecule has 4 N–H and O–H groups in total. The first-order valence-corrected chi connectivity index (χ1v) is 6.84. The van der Waals surface area contributed by atoms with E-state index in [-0.39, 0.29) is 12.0 Å². The van der Waals surface area contributed by atoms with Crippen LogP contribution in [-0.2, 0) is 0 Å². The van der Waals surface area contributed by atoms with Crippen molar-refractivity contribution < 1.29 is 9.84 Å². The fraction of sp³-hybridized carbons (Fsp3) is 0.643. The van der Waals surface area contributed by atoms with Gasteiger partial charge in [0.25, 0.3) is 0 Å². The number of nitrogens with one attached hydrogen (secondary N) is 1. The molecule has 0 saturated heterocycles. The third-order valence-corrected chi connectivity index (χ3v) is 3.98. The first-order chi connectivity index (χ1) is 9.19. The second-order valence-electron chi connectivity index (χ2n) is 5.37. The van der Waals surface area contributed by atoms with Crippen LogP contribution in [0.3, 0.4) is 0 Å². The summed E-state index contributed by atoms with van der Waals surface area (Å²) in [6, 6.07) is 3.62.